The van der Waals surface area contributed by atoms with Crippen LogP contribution in [0.5, 0.6) is 5.75 Å². The SMILES string of the molecule is CN=Cc1ccc(CNc2ncnc3c(OC)cc(-c4ccc(F)cc4)cc23)cc1N. The maximum absolute atomic E-state index is 13.4. The first-order valence-corrected chi connectivity index (χ1v) is 9.72. The summed E-state index contributed by atoms with van der Waals surface area (Å²) in [6, 6.07) is 16.0. The average Bonchev–Trinajstić information content (AvgIpc) is 2.79. The maximum atomic E-state index is 13.4. The fourth-order valence-electron chi connectivity index (χ4n) is 3.42. The third-order valence-corrected chi connectivity index (χ3v) is 4.98. The van der Waals surface area contributed by atoms with Crippen LogP contribution in [0.4, 0.5) is 15.9 Å². The molecule has 6 nitrogen and oxygen atoms in total. The first-order chi connectivity index (χ1) is 15.1. The van der Waals surface area contributed by atoms with Gasteiger partial charge in [0.1, 0.15) is 29.2 Å². The van der Waals surface area contributed by atoms with E-state index in [4.69, 9.17) is 10.5 Å². The third kappa shape index (κ3) is 4.30. The fourth-order valence-corrected chi connectivity index (χ4v) is 3.42. The summed E-state index contributed by atoms with van der Waals surface area (Å²) in [6.07, 6.45) is 3.23. The van der Waals surface area contributed by atoms with E-state index in [0.717, 1.165) is 27.6 Å². The van der Waals surface area contributed by atoms with Gasteiger partial charge in [-0.1, -0.05) is 24.3 Å². The molecule has 3 N–H and O–H groups in total. The van der Waals surface area contributed by atoms with E-state index in [9.17, 15) is 4.39 Å². The Morgan fingerprint density at radius 2 is 1.87 bits per heavy atom. The molecule has 0 saturated heterocycles. The number of aromatic nitrogens is 2. The molecule has 4 rings (SSSR count). The Bertz CT molecular complexity index is 1260. The van der Waals surface area contributed by atoms with Crippen LogP contribution < -0.4 is 15.8 Å². The Balaban J connectivity index is 1.70. The van der Waals surface area contributed by atoms with Gasteiger partial charge in [0, 0.05) is 36.4 Å². The monoisotopic (exact) mass is 415 g/mol. The first-order valence-electron chi connectivity index (χ1n) is 9.72. The van der Waals surface area contributed by atoms with Crippen LogP contribution in [0.2, 0.25) is 0 Å². The minimum absolute atomic E-state index is 0.280. The zero-order chi connectivity index (χ0) is 21.8. The van der Waals surface area contributed by atoms with Crippen molar-refractivity contribution < 1.29 is 9.13 Å². The molecule has 31 heavy (non-hydrogen) atoms. The standard InChI is InChI=1S/C24H22FN5O/c1-27-13-17-4-3-15(9-21(17)26)12-28-24-20-10-18(16-5-7-19(25)8-6-16)11-22(31-2)23(20)29-14-30-24/h3-11,13-14H,12,26H2,1-2H3,(H,28,29,30). The van der Waals surface area contributed by atoms with Crippen LogP contribution in [0.15, 0.2) is 65.9 Å². The predicted octanol–water partition coefficient (Wildman–Crippen LogP) is 4.69. The minimum atomic E-state index is -0.280. The van der Waals surface area contributed by atoms with Crippen LogP contribution >= 0.6 is 0 Å². The van der Waals surface area contributed by atoms with E-state index in [2.05, 4.69) is 20.3 Å². The average molecular weight is 415 g/mol. The summed E-state index contributed by atoms with van der Waals surface area (Å²) in [7, 11) is 3.31. The van der Waals surface area contributed by atoms with E-state index in [-0.39, 0.29) is 5.82 Å². The van der Waals surface area contributed by atoms with Gasteiger partial charge in [0.05, 0.1) is 7.11 Å². The van der Waals surface area contributed by atoms with Crippen molar-refractivity contribution in [2.45, 2.75) is 6.54 Å². The van der Waals surface area contributed by atoms with Crippen molar-refractivity contribution in [3.63, 3.8) is 0 Å². The second-order valence-corrected chi connectivity index (χ2v) is 7.01. The van der Waals surface area contributed by atoms with Gasteiger partial charge in [-0.2, -0.15) is 0 Å². The van der Waals surface area contributed by atoms with E-state index in [1.54, 1.807) is 32.5 Å². The van der Waals surface area contributed by atoms with Gasteiger partial charge in [-0.25, -0.2) is 14.4 Å². The number of fused-ring (bicyclic) bond motifs is 1. The second kappa shape index (κ2) is 8.79. The molecule has 0 fully saturated rings. The fraction of sp³-hybridized carbons (Fsp3) is 0.125. The smallest absolute Gasteiger partial charge is 0.145 e. The van der Waals surface area contributed by atoms with Crippen molar-refractivity contribution in [2.24, 2.45) is 4.99 Å². The number of benzene rings is 3. The molecule has 3 aromatic carbocycles. The molecular weight excluding hydrogens is 393 g/mol. The number of halogens is 1. The van der Waals surface area contributed by atoms with Crippen LogP contribution in [0.1, 0.15) is 11.1 Å². The van der Waals surface area contributed by atoms with E-state index >= 15 is 0 Å². The van der Waals surface area contributed by atoms with Gasteiger partial charge in [-0.15, -0.1) is 0 Å². The number of ether oxygens (including phenoxy) is 1. The molecule has 1 aromatic heterocycles. The van der Waals surface area contributed by atoms with Crippen LogP contribution in [0.3, 0.4) is 0 Å². The summed E-state index contributed by atoms with van der Waals surface area (Å²) < 4.78 is 18.9. The number of nitrogen functional groups attached to an aromatic ring is 1. The molecular formula is C24H22FN5O. The zero-order valence-corrected chi connectivity index (χ0v) is 17.3. The van der Waals surface area contributed by atoms with Crippen molar-refractivity contribution in [3.8, 4) is 16.9 Å². The number of aliphatic imine (C=N–C) groups is 1. The molecule has 0 saturated carbocycles. The quantitative estimate of drug-likeness (QED) is 0.353. The molecule has 0 aliphatic heterocycles. The number of hydrogen-bond donors (Lipinski definition) is 2. The van der Waals surface area contributed by atoms with Gasteiger partial charge in [-0.05, 0) is 47.0 Å². The Kier molecular flexibility index (Phi) is 5.75. The summed E-state index contributed by atoms with van der Waals surface area (Å²) in [5, 5.41) is 4.18. The molecule has 0 aliphatic rings. The summed E-state index contributed by atoms with van der Waals surface area (Å²) in [6.45, 7) is 0.531. The van der Waals surface area contributed by atoms with Gasteiger partial charge in [-0.3, -0.25) is 4.99 Å². The van der Waals surface area contributed by atoms with Gasteiger partial charge in [0.15, 0.2) is 0 Å². The highest BCUT2D eigenvalue weighted by atomic mass is 19.1. The van der Waals surface area contributed by atoms with Crippen molar-refractivity contribution in [1.82, 2.24) is 9.97 Å². The van der Waals surface area contributed by atoms with Crippen LogP contribution in [0, 0.1) is 5.82 Å². The highest BCUT2D eigenvalue weighted by Crippen LogP contribution is 2.34. The van der Waals surface area contributed by atoms with Crippen LogP contribution in [-0.2, 0) is 6.54 Å². The van der Waals surface area contributed by atoms with Crippen LogP contribution in [0.25, 0.3) is 22.0 Å². The first kappa shape index (κ1) is 20.3. The normalized spacial score (nSPS) is 11.2. The molecule has 0 spiro atoms. The Hall–Kier alpha value is -4.00. The maximum Gasteiger partial charge on any atom is 0.145 e. The van der Waals surface area contributed by atoms with Gasteiger partial charge >= 0.3 is 0 Å². The van der Waals surface area contributed by atoms with Gasteiger partial charge < -0.3 is 15.8 Å². The van der Waals surface area contributed by atoms with Crippen molar-refractivity contribution in [2.75, 3.05) is 25.2 Å². The Labute approximate surface area is 179 Å². The largest absolute Gasteiger partial charge is 0.494 e. The molecule has 0 radical (unpaired) electrons. The molecule has 4 aromatic rings. The Morgan fingerprint density at radius 1 is 1.06 bits per heavy atom. The van der Waals surface area contributed by atoms with Crippen molar-refractivity contribution in [1.29, 1.82) is 0 Å². The lowest BCUT2D eigenvalue weighted by Gasteiger charge is -2.13. The number of nitrogens with two attached hydrogens (primary N) is 1. The second-order valence-electron chi connectivity index (χ2n) is 7.01. The molecule has 0 unspecified atom stereocenters. The number of hydrogen-bond acceptors (Lipinski definition) is 6. The number of nitrogens with one attached hydrogen (secondary N) is 1. The number of methoxy groups -OCH3 is 1. The molecule has 1 heterocycles. The summed E-state index contributed by atoms with van der Waals surface area (Å²) in [5.74, 6) is 1.01. The van der Waals surface area contributed by atoms with E-state index in [0.29, 0.717) is 29.3 Å². The van der Waals surface area contributed by atoms with Crippen molar-refractivity contribution in [3.05, 3.63) is 77.9 Å². The lowest BCUT2D eigenvalue weighted by molar-refractivity contribution is 0.419. The minimum Gasteiger partial charge on any atom is -0.494 e. The lowest BCUT2D eigenvalue weighted by Crippen LogP contribution is -2.04. The van der Waals surface area contributed by atoms with E-state index in [1.807, 2.05) is 30.3 Å². The van der Waals surface area contributed by atoms with Crippen molar-refractivity contribution >= 4 is 28.6 Å². The highest BCUT2D eigenvalue weighted by Gasteiger charge is 2.12. The van der Waals surface area contributed by atoms with Gasteiger partial charge in [0.25, 0.3) is 0 Å². The summed E-state index contributed by atoms with van der Waals surface area (Å²) in [5.41, 5.74) is 11.1. The van der Waals surface area contributed by atoms with Gasteiger partial charge in [0.2, 0.25) is 0 Å². The van der Waals surface area contributed by atoms with E-state index < -0.39 is 0 Å². The highest BCUT2D eigenvalue weighted by molar-refractivity contribution is 5.96. The number of nitrogens with zero attached hydrogens (tertiary/aromatic N) is 3. The number of rotatable bonds is 6. The molecule has 0 amide bonds. The predicted molar refractivity (Wildman–Crippen MR) is 123 cm³/mol. The zero-order valence-electron chi connectivity index (χ0n) is 17.3. The molecule has 0 aliphatic carbocycles. The van der Waals surface area contributed by atoms with Crippen LogP contribution in [-0.4, -0.2) is 30.3 Å². The topological polar surface area (TPSA) is 85.4 Å². The molecule has 0 bridgehead atoms. The van der Waals surface area contributed by atoms with E-state index in [1.165, 1.54) is 18.5 Å². The molecule has 7 heteroatoms. The summed E-state index contributed by atoms with van der Waals surface area (Å²) >= 11 is 0. The number of anilines is 2. The summed E-state index contributed by atoms with van der Waals surface area (Å²) in [4.78, 5) is 12.8. The third-order valence-electron chi connectivity index (χ3n) is 4.98. The lowest BCUT2D eigenvalue weighted by atomic mass is 10.0. The molecule has 0 atom stereocenters. The molecule has 156 valence electrons. The Morgan fingerprint density at radius 3 is 2.58 bits per heavy atom.